The molecule has 0 saturated heterocycles. The van der Waals surface area contributed by atoms with Crippen LogP contribution >= 0.6 is 0 Å². The van der Waals surface area contributed by atoms with Gasteiger partial charge in [-0.25, -0.2) is 8.42 Å². The number of carbonyl (C=O) groups is 1. The lowest BCUT2D eigenvalue weighted by Crippen LogP contribution is -2.15. The van der Waals surface area contributed by atoms with Crippen molar-refractivity contribution >= 4 is 27.3 Å². The highest BCUT2D eigenvalue weighted by molar-refractivity contribution is 7.92. The van der Waals surface area contributed by atoms with Gasteiger partial charge >= 0.3 is 0 Å². The predicted octanol–water partition coefficient (Wildman–Crippen LogP) is 5.24. The van der Waals surface area contributed by atoms with Crippen LogP contribution in [0.1, 0.15) is 35.6 Å². The highest BCUT2D eigenvalue weighted by atomic mass is 32.2. The van der Waals surface area contributed by atoms with Crippen molar-refractivity contribution in [2.45, 2.75) is 44.9 Å². The third kappa shape index (κ3) is 6.18. The zero-order chi connectivity index (χ0) is 22.4. The summed E-state index contributed by atoms with van der Waals surface area (Å²) in [7, 11) is -3.71. The third-order valence-corrected chi connectivity index (χ3v) is 6.53. The number of sulfonamides is 1. The average molecular weight is 437 g/mol. The zero-order valence-corrected chi connectivity index (χ0v) is 18.9. The van der Waals surface area contributed by atoms with Gasteiger partial charge in [0.1, 0.15) is 0 Å². The van der Waals surface area contributed by atoms with E-state index in [-0.39, 0.29) is 10.8 Å². The molecular weight excluding hydrogens is 408 g/mol. The van der Waals surface area contributed by atoms with E-state index in [1.807, 2.05) is 26.0 Å². The van der Waals surface area contributed by atoms with Crippen LogP contribution in [-0.2, 0) is 27.7 Å². The Labute approximate surface area is 184 Å². The van der Waals surface area contributed by atoms with Crippen LogP contribution in [0, 0.1) is 13.8 Å². The number of carbonyl (C=O) groups excluding carboxylic acids is 1. The third-order valence-electron chi connectivity index (χ3n) is 5.15. The normalized spacial score (nSPS) is 11.2. The van der Waals surface area contributed by atoms with Crippen molar-refractivity contribution < 1.29 is 13.2 Å². The van der Waals surface area contributed by atoms with Crippen LogP contribution in [0.5, 0.6) is 0 Å². The molecule has 0 aliphatic heterocycles. The van der Waals surface area contributed by atoms with Gasteiger partial charge in [0.05, 0.1) is 10.6 Å². The van der Waals surface area contributed by atoms with Gasteiger partial charge in [0.2, 0.25) is 5.91 Å². The first-order chi connectivity index (χ1) is 14.8. The molecule has 0 bridgehead atoms. The lowest BCUT2D eigenvalue weighted by Gasteiger charge is -2.12. The lowest BCUT2D eigenvalue weighted by molar-refractivity contribution is -0.116. The number of amides is 1. The first-order valence-corrected chi connectivity index (χ1v) is 11.8. The Morgan fingerprint density at radius 1 is 0.871 bits per heavy atom. The minimum Gasteiger partial charge on any atom is -0.326 e. The molecule has 6 heteroatoms. The van der Waals surface area contributed by atoms with E-state index in [0.29, 0.717) is 24.2 Å². The van der Waals surface area contributed by atoms with Crippen molar-refractivity contribution in [3.63, 3.8) is 0 Å². The van der Waals surface area contributed by atoms with Crippen molar-refractivity contribution in [3.8, 4) is 0 Å². The molecule has 3 aromatic rings. The molecule has 0 unspecified atom stereocenters. The van der Waals surface area contributed by atoms with Crippen molar-refractivity contribution in [1.29, 1.82) is 0 Å². The molecule has 0 atom stereocenters. The Morgan fingerprint density at radius 3 is 2.13 bits per heavy atom. The smallest absolute Gasteiger partial charge is 0.261 e. The van der Waals surface area contributed by atoms with Gasteiger partial charge in [-0.3, -0.25) is 9.52 Å². The highest BCUT2D eigenvalue weighted by Gasteiger charge is 2.15. The standard InChI is InChI=1S/C25H28N2O3S/c1-4-20-6-8-21(9-7-20)10-16-25(28)26-22-11-13-23(14-12-22)31(29,30)27-24-15-5-18(2)17-19(24)3/h5-9,11-15,17,27H,4,10,16H2,1-3H3,(H,26,28). The summed E-state index contributed by atoms with van der Waals surface area (Å²) in [6.07, 6.45) is 2.01. The van der Waals surface area contributed by atoms with Gasteiger partial charge in [0, 0.05) is 12.1 Å². The summed E-state index contributed by atoms with van der Waals surface area (Å²) in [5.74, 6) is -0.108. The maximum absolute atomic E-state index is 12.7. The summed E-state index contributed by atoms with van der Waals surface area (Å²) in [4.78, 5) is 12.4. The summed E-state index contributed by atoms with van der Waals surface area (Å²) in [5, 5.41) is 2.82. The number of nitrogens with one attached hydrogen (secondary N) is 2. The average Bonchev–Trinajstić information content (AvgIpc) is 2.75. The van der Waals surface area contributed by atoms with E-state index >= 15 is 0 Å². The van der Waals surface area contributed by atoms with Crippen LogP contribution in [0.3, 0.4) is 0 Å². The van der Waals surface area contributed by atoms with Crippen LogP contribution in [0.15, 0.2) is 71.6 Å². The van der Waals surface area contributed by atoms with Crippen molar-refractivity contribution in [1.82, 2.24) is 0 Å². The summed E-state index contributed by atoms with van der Waals surface area (Å²) >= 11 is 0. The first-order valence-electron chi connectivity index (χ1n) is 10.3. The molecule has 3 aromatic carbocycles. The Hall–Kier alpha value is -3.12. The van der Waals surface area contributed by atoms with Crippen LogP contribution < -0.4 is 10.0 Å². The van der Waals surface area contributed by atoms with E-state index in [4.69, 9.17) is 0 Å². The number of rotatable bonds is 8. The van der Waals surface area contributed by atoms with Gasteiger partial charge in [-0.1, -0.05) is 48.9 Å². The summed E-state index contributed by atoms with van der Waals surface area (Å²) in [6, 6.07) is 20.0. The fourth-order valence-corrected chi connectivity index (χ4v) is 4.40. The fraction of sp³-hybridized carbons (Fsp3) is 0.240. The van der Waals surface area contributed by atoms with E-state index in [0.717, 1.165) is 23.1 Å². The zero-order valence-electron chi connectivity index (χ0n) is 18.1. The molecule has 2 N–H and O–H groups in total. The monoisotopic (exact) mass is 436 g/mol. The molecule has 0 spiro atoms. The van der Waals surface area contributed by atoms with Crippen molar-refractivity contribution in [2.75, 3.05) is 10.0 Å². The maximum atomic E-state index is 12.7. The number of aryl methyl sites for hydroxylation is 4. The molecule has 0 radical (unpaired) electrons. The van der Waals surface area contributed by atoms with E-state index < -0.39 is 10.0 Å². The number of benzene rings is 3. The topological polar surface area (TPSA) is 75.3 Å². The van der Waals surface area contributed by atoms with E-state index in [2.05, 4.69) is 41.2 Å². The number of hydrogen-bond donors (Lipinski definition) is 2. The maximum Gasteiger partial charge on any atom is 0.261 e. The van der Waals surface area contributed by atoms with E-state index in [1.54, 1.807) is 18.2 Å². The summed E-state index contributed by atoms with van der Waals surface area (Å²) < 4.78 is 28.0. The molecule has 3 rings (SSSR count). The Morgan fingerprint density at radius 2 is 1.52 bits per heavy atom. The van der Waals surface area contributed by atoms with Gasteiger partial charge in [-0.2, -0.15) is 0 Å². The van der Waals surface area contributed by atoms with Gasteiger partial charge in [-0.15, -0.1) is 0 Å². The molecular formula is C25H28N2O3S. The number of anilines is 2. The van der Waals surface area contributed by atoms with Gasteiger partial charge in [0.25, 0.3) is 10.0 Å². The Kier molecular flexibility index (Phi) is 7.13. The molecule has 0 saturated carbocycles. The van der Waals surface area contributed by atoms with Crippen molar-refractivity contribution in [3.05, 3.63) is 89.0 Å². The molecule has 0 heterocycles. The molecule has 31 heavy (non-hydrogen) atoms. The van der Waals surface area contributed by atoms with Gasteiger partial charge in [0.15, 0.2) is 0 Å². The van der Waals surface area contributed by atoms with Gasteiger partial charge in [-0.05, 0) is 73.7 Å². The minimum atomic E-state index is -3.71. The largest absolute Gasteiger partial charge is 0.326 e. The van der Waals surface area contributed by atoms with E-state index in [9.17, 15) is 13.2 Å². The Balaban J connectivity index is 1.59. The summed E-state index contributed by atoms with van der Waals surface area (Å²) in [5.41, 5.74) is 5.43. The van der Waals surface area contributed by atoms with E-state index in [1.165, 1.54) is 17.7 Å². The minimum absolute atomic E-state index is 0.108. The SMILES string of the molecule is CCc1ccc(CCC(=O)Nc2ccc(S(=O)(=O)Nc3ccc(C)cc3C)cc2)cc1. The second-order valence-electron chi connectivity index (χ2n) is 7.67. The highest BCUT2D eigenvalue weighted by Crippen LogP contribution is 2.22. The molecule has 162 valence electrons. The van der Waals surface area contributed by atoms with Crippen LogP contribution in [-0.4, -0.2) is 14.3 Å². The van der Waals surface area contributed by atoms with Crippen LogP contribution in [0.4, 0.5) is 11.4 Å². The lowest BCUT2D eigenvalue weighted by atomic mass is 10.1. The van der Waals surface area contributed by atoms with Gasteiger partial charge < -0.3 is 5.32 Å². The molecule has 1 amide bonds. The molecule has 5 nitrogen and oxygen atoms in total. The molecule has 0 aliphatic carbocycles. The fourth-order valence-electron chi connectivity index (χ4n) is 3.27. The van der Waals surface area contributed by atoms with Crippen LogP contribution in [0.2, 0.25) is 0 Å². The quantitative estimate of drug-likeness (QED) is 0.507. The second kappa shape index (κ2) is 9.79. The Bertz CT molecular complexity index is 1150. The predicted molar refractivity (Wildman–Crippen MR) is 126 cm³/mol. The molecule has 0 aromatic heterocycles. The number of hydrogen-bond acceptors (Lipinski definition) is 3. The molecule has 0 aliphatic rings. The van der Waals surface area contributed by atoms with Crippen molar-refractivity contribution in [2.24, 2.45) is 0 Å². The molecule has 0 fully saturated rings. The van der Waals surface area contributed by atoms with Crippen LogP contribution in [0.25, 0.3) is 0 Å². The second-order valence-corrected chi connectivity index (χ2v) is 9.35. The summed E-state index contributed by atoms with van der Waals surface area (Å²) in [6.45, 7) is 5.93. The first kappa shape index (κ1) is 22.6.